The van der Waals surface area contributed by atoms with E-state index in [1.807, 2.05) is 0 Å². The van der Waals surface area contributed by atoms with Crippen LogP contribution in [0.15, 0.2) is 35.6 Å². The van der Waals surface area contributed by atoms with Gasteiger partial charge in [0, 0.05) is 14.1 Å². The second-order valence-electron chi connectivity index (χ2n) is 4.19. The van der Waals surface area contributed by atoms with Gasteiger partial charge in [0.1, 0.15) is 5.75 Å². The Hall–Kier alpha value is -2.22. The number of aromatic nitrogens is 2. The van der Waals surface area contributed by atoms with Crippen LogP contribution in [0.25, 0.3) is 0 Å². The van der Waals surface area contributed by atoms with Crippen LogP contribution in [0.5, 0.6) is 5.75 Å². The summed E-state index contributed by atoms with van der Waals surface area (Å²) in [5, 5.41) is -0.0501. The Morgan fingerprint density at radius 2 is 2.00 bits per heavy atom. The maximum Gasteiger partial charge on any atom is 0.283 e. The van der Waals surface area contributed by atoms with Crippen LogP contribution < -0.4 is 14.8 Å². The molecule has 0 bridgehead atoms. The third-order valence-corrected chi connectivity index (χ3v) is 4.84. The molecule has 20 heavy (non-hydrogen) atoms. The van der Waals surface area contributed by atoms with E-state index in [1.165, 1.54) is 25.1 Å². The lowest BCUT2D eigenvalue weighted by molar-refractivity contribution is 0.416. The van der Waals surface area contributed by atoms with Gasteiger partial charge >= 0.3 is 0 Å². The maximum absolute atomic E-state index is 12.6. The highest BCUT2D eigenvalue weighted by Gasteiger charge is 2.29. The first-order valence-corrected chi connectivity index (χ1v) is 7.22. The predicted octanol–water partition coefficient (Wildman–Crippen LogP) is 0.836. The molecule has 0 aliphatic rings. The van der Waals surface area contributed by atoms with Gasteiger partial charge in [-0.15, -0.1) is 0 Å². The Labute approximate surface area is 117 Å². The van der Waals surface area contributed by atoms with Crippen LogP contribution in [-0.2, 0) is 17.1 Å². The van der Waals surface area contributed by atoms with Crippen molar-refractivity contribution < 1.29 is 13.2 Å². The molecule has 0 atom stereocenters. The average Bonchev–Trinajstić information content (AvgIpc) is 2.77. The number of para-hydroxylation sites is 2. The molecule has 0 aliphatic carbocycles. The highest BCUT2D eigenvalue weighted by molar-refractivity contribution is 7.92. The Morgan fingerprint density at radius 3 is 2.55 bits per heavy atom. The fraction of sp³-hybridized carbons (Fsp3) is 0.250. The van der Waals surface area contributed by atoms with Crippen molar-refractivity contribution in [2.24, 2.45) is 7.05 Å². The number of imidazole rings is 1. The van der Waals surface area contributed by atoms with E-state index in [-0.39, 0.29) is 10.8 Å². The lowest BCUT2D eigenvalue weighted by atomic mass is 10.3. The average molecular weight is 296 g/mol. The molecule has 0 saturated carbocycles. The number of methoxy groups -OCH3 is 1. The van der Waals surface area contributed by atoms with Crippen LogP contribution in [0.2, 0.25) is 0 Å². The van der Waals surface area contributed by atoms with E-state index in [0.29, 0.717) is 11.4 Å². The summed E-state index contributed by atoms with van der Waals surface area (Å²) in [6, 6.07) is 6.84. The summed E-state index contributed by atoms with van der Waals surface area (Å²) < 4.78 is 32.9. The van der Waals surface area contributed by atoms with Gasteiger partial charge in [-0.1, -0.05) is 12.1 Å². The molecule has 7 nitrogen and oxygen atoms in total. The van der Waals surface area contributed by atoms with Crippen molar-refractivity contribution in [3.05, 3.63) is 30.6 Å². The summed E-state index contributed by atoms with van der Waals surface area (Å²) in [4.78, 5) is 3.80. The summed E-state index contributed by atoms with van der Waals surface area (Å²) in [6.45, 7) is 0. The summed E-state index contributed by atoms with van der Waals surface area (Å²) in [5.41, 5.74) is 6.07. The van der Waals surface area contributed by atoms with Gasteiger partial charge in [0.2, 0.25) is 0 Å². The number of ether oxygens (including phenoxy) is 1. The number of nitrogen functional groups attached to an aromatic ring is 1. The van der Waals surface area contributed by atoms with Crippen LogP contribution >= 0.6 is 0 Å². The van der Waals surface area contributed by atoms with E-state index < -0.39 is 10.0 Å². The minimum absolute atomic E-state index is 0.0331. The third kappa shape index (κ3) is 2.18. The summed E-state index contributed by atoms with van der Waals surface area (Å²) in [7, 11) is 0.690. The zero-order chi connectivity index (χ0) is 14.9. The Bertz CT molecular complexity index is 705. The van der Waals surface area contributed by atoms with Crippen molar-refractivity contribution in [1.82, 2.24) is 9.55 Å². The number of hydrogen-bond acceptors (Lipinski definition) is 5. The van der Waals surface area contributed by atoms with Gasteiger partial charge in [-0.05, 0) is 12.1 Å². The van der Waals surface area contributed by atoms with E-state index in [0.717, 1.165) is 4.31 Å². The van der Waals surface area contributed by atoms with E-state index in [1.54, 1.807) is 31.3 Å². The summed E-state index contributed by atoms with van der Waals surface area (Å²) in [5.74, 6) is 0.425. The second-order valence-corrected chi connectivity index (χ2v) is 6.07. The molecule has 0 aliphatic heterocycles. The highest BCUT2D eigenvalue weighted by Crippen LogP contribution is 2.31. The van der Waals surface area contributed by atoms with Gasteiger partial charge in [-0.3, -0.25) is 4.31 Å². The first-order valence-electron chi connectivity index (χ1n) is 5.78. The molecule has 2 N–H and O–H groups in total. The molecule has 8 heteroatoms. The molecule has 2 aromatic rings. The highest BCUT2D eigenvalue weighted by atomic mass is 32.2. The molecule has 0 radical (unpaired) electrons. The lowest BCUT2D eigenvalue weighted by Gasteiger charge is -2.21. The van der Waals surface area contributed by atoms with E-state index >= 15 is 0 Å². The van der Waals surface area contributed by atoms with E-state index in [2.05, 4.69) is 4.98 Å². The Morgan fingerprint density at radius 1 is 1.35 bits per heavy atom. The fourth-order valence-corrected chi connectivity index (χ4v) is 3.30. The van der Waals surface area contributed by atoms with Gasteiger partial charge in [0.15, 0.2) is 10.8 Å². The van der Waals surface area contributed by atoms with Crippen molar-refractivity contribution in [3.8, 4) is 5.75 Å². The monoisotopic (exact) mass is 296 g/mol. The van der Waals surface area contributed by atoms with Crippen LogP contribution in [0.3, 0.4) is 0 Å². The quantitative estimate of drug-likeness (QED) is 0.902. The van der Waals surface area contributed by atoms with Gasteiger partial charge in [0.05, 0.1) is 19.1 Å². The predicted molar refractivity (Wildman–Crippen MR) is 76.2 cm³/mol. The van der Waals surface area contributed by atoms with E-state index in [9.17, 15) is 8.42 Å². The molecule has 0 unspecified atom stereocenters. The number of benzene rings is 1. The van der Waals surface area contributed by atoms with Gasteiger partial charge in [0.25, 0.3) is 10.0 Å². The first kappa shape index (κ1) is 14.2. The molecule has 0 saturated heterocycles. The standard InChI is InChI=1S/C12H16N4O3S/c1-15-8-14-11(13)12(15)20(17,18)16(2)9-6-4-5-7-10(9)19-3/h4-8H,13H2,1-3H3. The van der Waals surface area contributed by atoms with Crippen molar-refractivity contribution in [2.45, 2.75) is 5.03 Å². The van der Waals surface area contributed by atoms with Crippen LogP contribution in [0.1, 0.15) is 0 Å². The number of hydrogen-bond donors (Lipinski definition) is 1. The van der Waals surface area contributed by atoms with Crippen LogP contribution in [0, 0.1) is 0 Å². The van der Waals surface area contributed by atoms with Gasteiger partial charge in [-0.25, -0.2) is 4.98 Å². The zero-order valence-corrected chi connectivity index (χ0v) is 12.3. The van der Waals surface area contributed by atoms with Crippen molar-refractivity contribution in [3.63, 3.8) is 0 Å². The molecule has 1 aromatic carbocycles. The van der Waals surface area contributed by atoms with Crippen molar-refractivity contribution in [2.75, 3.05) is 24.2 Å². The van der Waals surface area contributed by atoms with Gasteiger partial charge in [-0.2, -0.15) is 8.42 Å². The number of nitrogens with zero attached hydrogens (tertiary/aromatic N) is 3. The molecule has 0 amide bonds. The number of nitrogens with two attached hydrogens (primary N) is 1. The molecule has 0 spiro atoms. The largest absolute Gasteiger partial charge is 0.495 e. The number of anilines is 2. The molecule has 2 rings (SSSR count). The lowest BCUT2D eigenvalue weighted by Crippen LogP contribution is -2.29. The second kappa shape index (κ2) is 5.04. The summed E-state index contributed by atoms with van der Waals surface area (Å²) >= 11 is 0. The van der Waals surface area contributed by atoms with Crippen molar-refractivity contribution >= 4 is 21.5 Å². The fourth-order valence-electron chi connectivity index (χ4n) is 1.90. The number of aryl methyl sites for hydroxylation is 1. The van der Waals surface area contributed by atoms with Gasteiger partial charge < -0.3 is 15.0 Å². The normalized spacial score (nSPS) is 11.3. The maximum atomic E-state index is 12.6. The zero-order valence-electron chi connectivity index (χ0n) is 11.4. The third-order valence-electron chi connectivity index (χ3n) is 2.94. The Kier molecular flexibility index (Phi) is 3.58. The van der Waals surface area contributed by atoms with Crippen molar-refractivity contribution in [1.29, 1.82) is 0 Å². The number of sulfonamides is 1. The SMILES string of the molecule is COc1ccccc1N(C)S(=O)(=O)c1c(N)ncn1C. The first-order chi connectivity index (χ1) is 9.39. The van der Waals surface area contributed by atoms with Crippen LogP contribution in [-0.4, -0.2) is 32.1 Å². The molecule has 0 fully saturated rings. The molecular weight excluding hydrogens is 280 g/mol. The van der Waals surface area contributed by atoms with Crippen LogP contribution in [0.4, 0.5) is 11.5 Å². The number of rotatable bonds is 4. The topological polar surface area (TPSA) is 90.4 Å². The smallest absolute Gasteiger partial charge is 0.283 e. The molecule has 1 heterocycles. The summed E-state index contributed by atoms with van der Waals surface area (Å²) in [6.07, 6.45) is 1.36. The molecule has 108 valence electrons. The Balaban J connectivity index is 2.55. The molecule has 1 aromatic heterocycles. The minimum atomic E-state index is -3.81. The minimum Gasteiger partial charge on any atom is -0.495 e. The molecular formula is C12H16N4O3S. The van der Waals surface area contributed by atoms with E-state index in [4.69, 9.17) is 10.5 Å².